The molecule has 0 saturated carbocycles. The fraction of sp³-hybridized carbons (Fsp3) is 0.733. The number of hydrogen-bond donors (Lipinski definition) is 1. The Morgan fingerprint density at radius 3 is 3.00 bits per heavy atom. The highest BCUT2D eigenvalue weighted by molar-refractivity contribution is 5.43. The van der Waals surface area contributed by atoms with Crippen molar-refractivity contribution < 1.29 is 4.74 Å². The number of hydrogen-bond acceptors (Lipinski definition) is 5. The molecule has 0 bridgehead atoms. The van der Waals surface area contributed by atoms with Crippen molar-refractivity contribution in [1.29, 1.82) is 0 Å². The Labute approximate surface area is 121 Å². The molecule has 1 saturated heterocycles. The number of rotatable bonds is 7. The first-order valence-corrected chi connectivity index (χ1v) is 7.61. The summed E-state index contributed by atoms with van der Waals surface area (Å²) < 4.78 is 5.62. The zero-order valence-electron chi connectivity index (χ0n) is 12.9. The topological polar surface area (TPSA) is 50.3 Å². The van der Waals surface area contributed by atoms with Crippen LogP contribution in [0.5, 0.6) is 0 Å². The molecule has 5 nitrogen and oxygen atoms in total. The van der Waals surface area contributed by atoms with E-state index in [9.17, 15) is 0 Å². The number of aryl methyl sites for hydroxylation is 1. The van der Waals surface area contributed by atoms with Crippen LogP contribution in [0.1, 0.15) is 38.3 Å². The van der Waals surface area contributed by atoms with E-state index in [4.69, 9.17) is 4.74 Å². The van der Waals surface area contributed by atoms with Crippen LogP contribution < -0.4 is 10.2 Å². The van der Waals surface area contributed by atoms with Gasteiger partial charge in [0.25, 0.3) is 0 Å². The summed E-state index contributed by atoms with van der Waals surface area (Å²) in [6.45, 7) is 6.91. The average molecular weight is 278 g/mol. The second-order valence-electron chi connectivity index (χ2n) is 5.49. The highest BCUT2D eigenvalue weighted by Gasteiger charge is 2.15. The zero-order chi connectivity index (χ0) is 14.4. The van der Waals surface area contributed by atoms with Gasteiger partial charge in [-0.15, -0.1) is 0 Å². The van der Waals surface area contributed by atoms with Crippen LogP contribution in [-0.2, 0) is 4.74 Å². The van der Waals surface area contributed by atoms with Gasteiger partial charge in [-0.05, 0) is 26.2 Å². The van der Waals surface area contributed by atoms with Crippen molar-refractivity contribution in [3.05, 3.63) is 11.8 Å². The summed E-state index contributed by atoms with van der Waals surface area (Å²) in [5.41, 5.74) is 0.994. The van der Waals surface area contributed by atoms with E-state index in [-0.39, 0.29) is 0 Å². The van der Waals surface area contributed by atoms with Crippen molar-refractivity contribution in [2.24, 2.45) is 0 Å². The Balaban J connectivity index is 1.96. The van der Waals surface area contributed by atoms with Crippen LogP contribution in [0.3, 0.4) is 0 Å². The van der Waals surface area contributed by atoms with Crippen LogP contribution in [0, 0.1) is 6.92 Å². The molecule has 0 amide bonds. The first kappa shape index (κ1) is 15.0. The molecule has 1 aromatic heterocycles. The van der Waals surface area contributed by atoms with Gasteiger partial charge in [0.15, 0.2) is 0 Å². The van der Waals surface area contributed by atoms with Crippen LogP contribution in [0.2, 0.25) is 0 Å². The van der Waals surface area contributed by atoms with Crippen LogP contribution in [0.15, 0.2) is 6.07 Å². The minimum atomic E-state index is 0.326. The van der Waals surface area contributed by atoms with Crippen molar-refractivity contribution in [2.45, 2.75) is 45.6 Å². The lowest BCUT2D eigenvalue weighted by molar-refractivity contribution is 0.120. The number of ether oxygens (including phenoxy) is 1. The highest BCUT2D eigenvalue weighted by Crippen LogP contribution is 2.16. The van der Waals surface area contributed by atoms with E-state index in [1.165, 1.54) is 12.8 Å². The molecule has 0 aromatic carbocycles. The zero-order valence-corrected chi connectivity index (χ0v) is 12.9. The predicted molar refractivity (Wildman–Crippen MR) is 82.4 cm³/mol. The van der Waals surface area contributed by atoms with Gasteiger partial charge in [-0.1, -0.05) is 13.3 Å². The third-order valence-corrected chi connectivity index (χ3v) is 3.57. The molecule has 1 aromatic rings. The largest absolute Gasteiger partial charge is 0.376 e. The fourth-order valence-electron chi connectivity index (χ4n) is 2.33. The maximum atomic E-state index is 5.62. The van der Waals surface area contributed by atoms with Crippen molar-refractivity contribution in [1.82, 2.24) is 9.97 Å². The first-order chi connectivity index (χ1) is 9.69. The average Bonchev–Trinajstić information content (AvgIpc) is 2.95. The second kappa shape index (κ2) is 7.43. The summed E-state index contributed by atoms with van der Waals surface area (Å²) in [6.07, 6.45) is 4.97. The summed E-state index contributed by atoms with van der Waals surface area (Å²) in [5, 5.41) is 3.38. The molecule has 1 N–H and O–H groups in total. The van der Waals surface area contributed by atoms with E-state index >= 15 is 0 Å². The van der Waals surface area contributed by atoms with Gasteiger partial charge in [-0.3, -0.25) is 0 Å². The van der Waals surface area contributed by atoms with Crippen LogP contribution >= 0.6 is 0 Å². The molecule has 20 heavy (non-hydrogen) atoms. The monoisotopic (exact) mass is 278 g/mol. The lowest BCUT2D eigenvalue weighted by atomic mass is 10.2. The lowest BCUT2D eigenvalue weighted by Crippen LogP contribution is -2.23. The molecule has 0 radical (unpaired) electrons. The molecular formula is C15H26N4O. The number of anilines is 2. The van der Waals surface area contributed by atoms with E-state index in [2.05, 4.69) is 27.1 Å². The van der Waals surface area contributed by atoms with Gasteiger partial charge >= 0.3 is 0 Å². The van der Waals surface area contributed by atoms with Crippen LogP contribution in [0.4, 0.5) is 11.8 Å². The SMILES string of the molecule is CCCCN(C)c1nc(C)cc(NCC2CCCO2)n1. The smallest absolute Gasteiger partial charge is 0.227 e. The molecule has 1 aliphatic heterocycles. The fourth-order valence-corrected chi connectivity index (χ4v) is 2.33. The molecule has 5 heteroatoms. The third kappa shape index (κ3) is 4.34. The molecule has 1 atom stereocenters. The minimum absolute atomic E-state index is 0.326. The molecule has 1 unspecified atom stereocenters. The van der Waals surface area contributed by atoms with E-state index in [1.807, 2.05) is 20.0 Å². The van der Waals surface area contributed by atoms with Gasteiger partial charge in [-0.2, -0.15) is 4.98 Å². The van der Waals surface area contributed by atoms with Gasteiger partial charge in [0.2, 0.25) is 5.95 Å². The summed E-state index contributed by atoms with van der Waals surface area (Å²) in [6, 6.07) is 1.99. The Kier molecular flexibility index (Phi) is 5.59. The molecule has 2 rings (SSSR count). The predicted octanol–water partition coefficient (Wildman–Crippen LogP) is 2.61. The summed E-state index contributed by atoms with van der Waals surface area (Å²) in [5.74, 6) is 1.69. The Morgan fingerprint density at radius 1 is 1.45 bits per heavy atom. The molecule has 1 fully saturated rings. The van der Waals surface area contributed by atoms with Crippen molar-refractivity contribution in [3.63, 3.8) is 0 Å². The molecular weight excluding hydrogens is 252 g/mol. The van der Waals surface area contributed by atoms with Gasteiger partial charge in [0, 0.05) is 38.5 Å². The standard InChI is InChI=1S/C15H26N4O/c1-4-5-8-19(3)15-17-12(2)10-14(18-15)16-11-13-7-6-9-20-13/h10,13H,4-9,11H2,1-3H3,(H,16,17,18). The molecule has 2 heterocycles. The Hall–Kier alpha value is -1.36. The van der Waals surface area contributed by atoms with Crippen molar-refractivity contribution >= 4 is 11.8 Å². The van der Waals surface area contributed by atoms with Crippen LogP contribution in [0.25, 0.3) is 0 Å². The number of nitrogens with zero attached hydrogens (tertiary/aromatic N) is 3. The Bertz CT molecular complexity index is 418. The molecule has 112 valence electrons. The van der Waals surface area contributed by atoms with E-state index < -0.39 is 0 Å². The maximum Gasteiger partial charge on any atom is 0.227 e. The number of unbranched alkanes of at least 4 members (excludes halogenated alkanes) is 1. The van der Waals surface area contributed by atoms with Gasteiger partial charge in [0.1, 0.15) is 5.82 Å². The molecule has 1 aliphatic rings. The molecule has 0 spiro atoms. The van der Waals surface area contributed by atoms with Gasteiger partial charge in [0.05, 0.1) is 6.10 Å². The van der Waals surface area contributed by atoms with Gasteiger partial charge < -0.3 is 15.0 Å². The van der Waals surface area contributed by atoms with E-state index in [1.54, 1.807) is 0 Å². The minimum Gasteiger partial charge on any atom is -0.376 e. The van der Waals surface area contributed by atoms with E-state index in [0.717, 1.165) is 50.0 Å². The number of nitrogens with one attached hydrogen (secondary N) is 1. The quantitative estimate of drug-likeness (QED) is 0.831. The normalized spacial score (nSPS) is 18.2. The second-order valence-corrected chi connectivity index (χ2v) is 5.49. The highest BCUT2D eigenvalue weighted by atomic mass is 16.5. The Morgan fingerprint density at radius 2 is 2.30 bits per heavy atom. The summed E-state index contributed by atoms with van der Waals surface area (Å²) in [4.78, 5) is 11.2. The van der Waals surface area contributed by atoms with Gasteiger partial charge in [-0.25, -0.2) is 4.98 Å². The van der Waals surface area contributed by atoms with Crippen LogP contribution in [-0.4, -0.2) is 42.8 Å². The number of aromatic nitrogens is 2. The lowest BCUT2D eigenvalue weighted by Gasteiger charge is -2.18. The van der Waals surface area contributed by atoms with E-state index in [0.29, 0.717) is 6.10 Å². The maximum absolute atomic E-state index is 5.62. The molecule has 0 aliphatic carbocycles. The summed E-state index contributed by atoms with van der Waals surface area (Å²) >= 11 is 0. The third-order valence-electron chi connectivity index (χ3n) is 3.57. The first-order valence-electron chi connectivity index (χ1n) is 7.61. The van der Waals surface area contributed by atoms with Crippen molar-refractivity contribution in [2.75, 3.05) is 37.0 Å². The summed E-state index contributed by atoms with van der Waals surface area (Å²) in [7, 11) is 2.05. The van der Waals surface area contributed by atoms with Crippen molar-refractivity contribution in [3.8, 4) is 0 Å².